The number of methoxy groups -OCH3 is 1. The van der Waals surface area contributed by atoms with E-state index in [1.54, 1.807) is 0 Å². The molecule has 56 valence electrons. The van der Waals surface area contributed by atoms with Crippen molar-refractivity contribution in [1.29, 1.82) is 0 Å². The molecule has 0 heterocycles. The molecule has 0 radical (unpaired) electrons. The molecule has 0 saturated heterocycles. The Morgan fingerprint density at radius 3 is 2.70 bits per heavy atom. The Morgan fingerprint density at radius 2 is 2.30 bits per heavy atom. The smallest absolute Gasteiger partial charge is 0.205 e. The van der Waals surface area contributed by atoms with Crippen molar-refractivity contribution in [3.63, 3.8) is 0 Å². The Bertz CT molecular complexity index is 172. The predicted octanol–water partition coefficient (Wildman–Crippen LogP) is -0.0664. The zero-order chi connectivity index (χ0) is 7.98. The quantitative estimate of drug-likeness (QED) is 0.427. The highest BCUT2D eigenvalue weighted by Crippen LogP contribution is 1.90. The van der Waals surface area contributed by atoms with Gasteiger partial charge in [-0.05, 0) is 6.58 Å². The van der Waals surface area contributed by atoms with Gasteiger partial charge in [0.05, 0.1) is 19.0 Å². The third-order valence-corrected chi connectivity index (χ3v) is 0.786. The molecule has 0 atom stereocenters. The molecular weight excluding hydrogens is 130 g/mol. The predicted molar refractivity (Wildman–Crippen MR) is 41.1 cm³/mol. The van der Waals surface area contributed by atoms with E-state index in [0.717, 1.165) is 0 Å². The van der Waals surface area contributed by atoms with Crippen molar-refractivity contribution < 1.29 is 4.74 Å². The van der Waals surface area contributed by atoms with Crippen molar-refractivity contribution in [1.82, 2.24) is 0 Å². The van der Waals surface area contributed by atoms with Crippen LogP contribution in [0.4, 0.5) is 0 Å². The van der Waals surface area contributed by atoms with Gasteiger partial charge in [0.1, 0.15) is 0 Å². The van der Waals surface area contributed by atoms with Gasteiger partial charge in [-0.3, -0.25) is 0 Å². The zero-order valence-electron chi connectivity index (χ0n) is 5.87. The van der Waals surface area contributed by atoms with Gasteiger partial charge in [0.2, 0.25) is 5.88 Å². The number of rotatable bonds is 3. The summed E-state index contributed by atoms with van der Waals surface area (Å²) in [5.41, 5.74) is 10.7. The van der Waals surface area contributed by atoms with Crippen molar-refractivity contribution in [3.05, 3.63) is 24.4 Å². The molecule has 0 aromatic heterocycles. The molecule has 0 aliphatic heterocycles. The van der Waals surface area contributed by atoms with Crippen molar-refractivity contribution in [2.24, 2.45) is 16.5 Å². The summed E-state index contributed by atoms with van der Waals surface area (Å²) >= 11 is 0. The molecule has 0 aliphatic carbocycles. The highest BCUT2D eigenvalue weighted by atomic mass is 16.5. The molecule has 0 amide bonds. The summed E-state index contributed by atoms with van der Waals surface area (Å²) in [5.74, 6) is 0.296. The van der Waals surface area contributed by atoms with Crippen LogP contribution in [0.1, 0.15) is 0 Å². The van der Waals surface area contributed by atoms with Crippen LogP contribution in [0.5, 0.6) is 0 Å². The number of allylic oxidation sites excluding steroid dienone is 1. The van der Waals surface area contributed by atoms with Gasteiger partial charge in [-0.1, -0.05) is 0 Å². The summed E-state index contributed by atoms with van der Waals surface area (Å²) in [6.07, 6.45) is 2.61. The molecular formula is C6H11N3O. The summed E-state index contributed by atoms with van der Waals surface area (Å²) in [4.78, 5) is 3.70. The van der Waals surface area contributed by atoms with E-state index in [0.29, 0.717) is 11.6 Å². The summed E-state index contributed by atoms with van der Waals surface area (Å²) < 4.78 is 4.63. The maximum absolute atomic E-state index is 5.27. The lowest BCUT2D eigenvalue weighted by Gasteiger charge is -1.94. The highest BCUT2D eigenvalue weighted by Gasteiger charge is 1.82. The number of nitrogens with two attached hydrogens (primary N) is 2. The molecule has 4 nitrogen and oxygen atoms in total. The van der Waals surface area contributed by atoms with E-state index in [4.69, 9.17) is 11.5 Å². The molecule has 0 unspecified atom stereocenters. The van der Waals surface area contributed by atoms with E-state index in [1.165, 1.54) is 19.5 Å². The van der Waals surface area contributed by atoms with Gasteiger partial charge in [0, 0.05) is 6.20 Å². The summed E-state index contributed by atoms with van der Waals surface area (Å²) in [7, 11) is 1.47. The largest absolute Gasteiger partial charge is 0.481 e. The Morgan fingerprint density at radius 1 is 1.70 bits per heavy atom. The van der Waals surface area contributed by atoms with Crippen LogP contribution in [0.15, 0.2) is 29.4 Å². The van der Waals surface area contributed by atoms with E-state index in [2.05, 4.69) is 16.3 Å². The minimum Gasteiger partial charge on any atom is -0.481 e. The van der Waals surface area contributed by atoms with Gasteiger partial charge in [-0.25, -0.2) is 4.99 Å². The first-order valence-electron chi connectivity index (χ1n) is 2.65. The molecule has 10 heavy (non-hydrogen) atoms. The second kappa shape index (κ2) is 4.43. The fraction of sp³-hybridized carbons (Fsp3) is 0.167. The Hall–Kier alpha value is -1.45. The van der Waals surface area contributed by atoms with Crippen LogP contribution in [0.25, 0.3) is 0 Å². The fourth-order valence-corrected chi connectivity index (χ4v) is 0.242. The van der Waals surface area contributed by atoms with Crippen LogP contribution in [-0.2, 0) is 4.74 Å². The first-order valence-corrected chi connectivity index (χ1v) is 2.65. The van der Waals surface area contributed by atoms with Gasteiger partial charge >= 0.3 is 0 Å². The highest BCUT2D eigenvalue weighted by molar-refractivity contribution is 5.77. The standard InChI is InChI=1S/C6H11N3O/c1-5(10-2)9-4-6(8)3-7/h3-4H,1,7-8H2,2H3/b6-3+,9-4?. The van der Waals surface area contributed by atoms with Crippen molar-refractivity contribution in [2.45, 2.75) is 0 Å². The number of hydrogen-bond donors (Lipinski definition) is 2. The molecule has 4 heteroatoms. The average Bonchev–Trinajstić information content (AvgIpc) is 1.99. The number of nitrogens with zero attached hydrogens (tertiary/aromatic N) is 1. The van der Waals surface area contributed by atoms with Crippen LogP contribution in [0, 0.1) is 0 Å². The minimum atomic E-state index is 0.296. The van der Waals surface area contributed by atoms with E-state index in [9.17, 15) is 0 Å². The SMILES string of the molecule is C=C(N=C/C(N)=C\N)OC. The minimum absolute atomic E-state index is 0.296. The second-order valence-electron chi connectivity index (χ2n) is 1.52. The molecule has 0 saturated carbocycles. The lowest BCUT2D eigenvalue weighted by atomic mass is 10.5. The van der Waals surface area contributed by atoms with E-state index < -0.39 is 0 Å². The number of aliphatic imine (C=N–C) groups is 1. The second-order valence-corrected chi connectivity index (χ2v) is 1.52. The fourth-order valence-electron chi connectivity index (χ4n) is 0.242. The number of ether oxygens (including phenoxy) is 1. The van der Waals surface area contributed by atoms with Gasteiger partial charge in [0.15, 0.2) is 0 Å². The van der Waals surface area contributed by atoms with Crippen molar-refractivity contribution >= 4 is 6.21 Å². The average molecular weight is 141 g/mol. The first-order chi connectivity index (χ1) is 4.70. The molecule has 0 aromatic rings. The van der Waals surface area contributed by atoms with Crippen LogP contribution in [-0.4, -0.2) is 13.3 Å². The van der Waals surface area contributed by atoms with Crippen LogP contribution in [0.2, 0.25) is 0 Å². The monoisotopic (exact) mass is 141 g/mol. The van der Waals surface area contributed by atoms with Gasteiger partial charge in [0.25, 0.3) is 0 Å². The van der Waals surface area contributed by atoms with E-state index in [1.807, 2.05) is 0 Å². The molecule has 0 fully saturated rings. The third-order valence-electron chi connectivity index (χ3n) is 0.786. The summed E-state index contributed by atoms with van der Waals surface area (Å²) in [5, 5.41) is 0. The van der Waals surface area contributed by atoms with Gasteiger partial charge in [-0.15, -0.1) is 0 Å². The lowest BCUT2D eigenvalue weighted by molar-refractivity contribution is 0.291. The molecule has 0 rings (SSSR count). The molecule has 0 bridgehead atoms. The molecule has 0 spiro atoms. The van der Waals surface area contributed by atoms with Crippen molar-refractivity contribution in [2.75, 3.05) is 7.11 Å². The summed E-state index contributed by atoms with van der Waals surface area (Å²) in [6.45, 7) is 3.44. The van der Waals surface area contributed by atoms with Gasteiger partial charge < -0.3 is 16.2 Å². The maximum Gasteiger partial charge on any atom is 0.205 e. The first kappa shape index (κ1) is 8.55. The Kier molecular flexibility index (Phi) is 3.79. The van der Waals surface area contributed by atoms with Crippen LogP contribution >= 0.6 is 0 Å². The Labute approximate surface area is 59.9 Å². The third kappa shape index (κ3) is 3.54. The normalized spacial score (nSPS) is 11.9. The van der Waals surface area contributed by atoms with Crippen molar-refractivity contribution in [3.8, 4) is 0 Å². The van der Waals surface area contributed by atoms with Crippen LogP contribution in [0.3, 0.4) is 0 Å². The molecule has 0 aliphatic rings. The topological polar surface area (TPSA) is 73.6 Å². The maximum atomic E-state index is 5.27. The van der Waals surface area contributed by atoms with E-state index in [-0.39, 0.29) is 0 Å². The van der Waals surface area contributed by atoms with Gasteiger partial charge in [-0.2, -0.15) is 0 Å². The molecule has 0 aromatic carbocycles. The molecule has 4 N–H and O–H groups in total. The zero-order valence-corrected chi connectivity index (χ0v) is 5.87. The van der Waals surface area contributed by atoms with Crippen LogP contribution < -0.4 is 11.5 Å². The van der Waals surface area contributed by atoms with E-state index >= 15 is 0 Å². The summed E-state index contributed by atoms with van der Waals surface area (Å²) in [6, 6.07) is 0. The lowest BCUT2D eigenvalue weighted by Crippen LogP contribution is -2.01. The Balaban J connectivity index is 3.88. The number of hydrogen-bond acceptors (Lipinski definition) is 4.